The maximum atomic E-state index is 13.3. The SMILES string of the molecule is CC1CCN(c2nc(-c3ccc(N(C)C)nc3)ccc2C(=O)NS(=O)(=O)c2cccnc2N)C1(C)C. The number of nitrogens with two attached hydrogens (primary N) is 1. The molecule has 1 unspecified atom stereocenters. The Bertz CT molecular complexity index is 1390. The van der Waals surface area contributed by atoms with Crippen molar-refractivity contribution in [2.75, 3.05) is 36.2 Å². The van der Waals surface area contributed by atoms with E-state index < -0.39 is 15.9 Å². The van der Waals surface area contributed by atoms with E-state index in [0.717, 1.165) is 17.8 Å². The minimum atomic E-state index is -4.24. The molecule has 0 spiro atoms. The third-order valence-corrected chi connectivity index (χ3v) is 8.26. The Morgan fingerprint density at radius 2 is 1.92 bits per heavy atom. The van der Waals surface area contributed by atoms with Crippen molar-refractivity contribution in [3.8, 4) is 11.3 Å². The molecule has 0 bridgehead atoms. The molecule has 10 nitrogen and oxygen atoms in total. The van der Waals surface area contributed by atoms with Crippen LogP contribution in [0.2, 0.25) is 0 Å². The Morgan fingerprint density at radius 3 is 2.50 bits per heavy atom. The van der Waals surface area contributed by atoms with Crippen LogP contribution in [0, 0.1) is 5.92 Å². The van der Waals surface area contributed by atoms with E-state index in [-0.39, 0.29) is 21.8 Å². The predicted octanol–water partition coefficient (Wildman–Crippen LogP) is 2.93. The molecule has 0 saturated carbocycles. The molecule has 11 heteroatoms. The van der Waals surface area contributed by atoms with Crippen molar-refractivity contribution < 1.29 is 13.2 Å². The van der Waals surface area contributed by atoms with Gasteiger partial charge >= 0.3 is 0 Å². The molecule has 1 aliphatic heterocycles. The molecule has 1 fully saturated rings. The van der Waals surface area contributed by atoms with Gasteiger partial charge < -0.3 is 15.5 Å². The molecule has 1 amide bonds. The summed E-state index contributed by atoms with van der Waals surface area (Å²) in [6, 6.07) is 9.86. The molecule has 1 atom stereocenters. The van der Waals surface area contributed by atoms with Crippen LogP contribution in [0.4, 0.5) is 17.5 Å². The van der Waals surface area contributed by atoms with Gasteiger partial charge in [0.15, 0.2) is 0 Å². The van der Waals surface area contributed by atoms with Crippen molar-refractivity contribution in [2.45, 2.75) is 37.6 Å². The van der Waals surface area contributed by atoms with Crippen LogP contribution < -0.4 is 20.3 Å². The lowest BCUT2D eigenvalue weighted by Crippen LogP contribution is -2.43. The molecule has 3 N–H and O–H groups in total. The second kappa shape index (κ2) is 9.38. The standard InChI is InChI=1S/C25H31N7O3S/c1-16-12-14-32(25(16,2)3)23-18(24(33)30-36(34,35)20-7-6-13-27-22(20)26)9-10-19(29-23)17-8-11-21(28-15-17)31(4)5/h6-11,13,15-16H,12,14H2,1-5H3,(H2,26,27)(H,30,33). The number of pyridine rings is 3. The summed E-state index contributed by atoms with van der Waals surface area (Å²) in [5.41, 5.74) is 7.03. The number of nitrogens with zero attached hydrogens (tertiary/aromatic N) is 5. The maximum Gasteiger partial charge on any atom is 0.268 e. The van der Waals surface area contributed by atoms with Gasteiger partial charge in [0.2, 0.25) is 0 Å². The van der Waals surface area contributed by atoms with Crippen LogP contribution in [-0.4, -0.2) is 55.5 Å². The number of anilines is 3. The molecule has 4 rings (SSSR count). The summed E-state index contributed by atoms with van der Waals surface area (Å²) in [6.45, 7) is 7.04. The van der Waals surface area contributed by atoms with E-state index in [1.807, 2.05) is 31.1 Å². The van der Waals surface area contributed by atoms with E-state index in [0.29, 0.717) is 24.0 Å². The average molecular weight is 510 g/mol. The molecule has 190 valence electrons. The van der Waals surface area contributed by atoms with E-state index in [9.17, 15) is 13.2 Å². The number of carbonyl (C=O) groups is 1. The van der Waals surface area contributed by atoms with Crippen LogP contribution in [0.1, 0.15) is 37.6 Å². The lowest BCUT2D eigenvalue weighted by molar-refractivity contribution is 0.0981. The van der Waals surface area contributed by atoms with Crippen LogP contribution in [0.25, 0.3) is 11.3 Å². The Balaban J connectivity index is 1.76. The highest BCUT2D eigenvalue weighted by molar-refractivity contribution is 7.90. The van der Waals surface area contributed by atoms with Gasteiger partial charge in [0.1, 0.15) is 22.3 Å². The first-order valence-corrected chi connectivity index (χ1v) is 13.1. The van der Waals surface area contributed by atoms with Gasteiger partial charge in [-0.3, -0.25) is 4.79 Å². The summed E-state index contributed by atoms with van der Waals surface area (Å²) in [4.78, 5) is 30.2. The summed E-state index contributed by atoms with van der Waals surface area (Å²) in [6.07, 6.45) is 4.03. The highest BCUT2D eigenvalue weighted by Gasteiger charge is 2.41. The second-order valence-corrected chi connectivity index (χ2v) is 11.3. The van der Waals surface area contributed by atoms with E-state index in [1.54, 1.807) is 18.3 Å². The van der Waals surface area contributed by atoms with Gasteiger partial charge in [-0.15, -0.1) is 0 Å². The summed E-state index contributed by atoms with van der Waals surface area (Å²) < 4.78 is 28.0. The van der Waals surface area contributed by atoms with Crippen molar-refractivity contribution in [3.63, 3.8) is 0 Å². The number of aromatic nitrogens is 3. The van der Waals surface area contributed by atoms with Crippen LogP contribution in [0.5, 0.6) is 0 Å². The van der Waals surface area contributed by atoms with Gasteiger partial charge in [0.25, 0.3) is 15.9 Å². The molecule has 36 heavy (non-hydrogen) atoms. The van der Waals surface area contributed by atoms with Crippen LogP contribution >= 0.6 is 0 Å². The van der Waals surface area contributed by atoms with Crippen LogP contribution in [0.15, 0.2) is 53.7 Å². The lowest BCUT2D eigenvalue weighted by atomic mass is 9.90. The molecular weight excluding hydrogens is 478 g/mol. The minimum Gasteiger partial charge on any atom is -0.383 e. The van der Waals surface area contributed by atoms with Crippen molar-refractivity contribution in [3.05, 3.63) is 54.4 Å². The molecular formula is C25H31N7O3S. The molecule has 0 radical (unpaired) electrons. The molecule has 4 heterocycles. The quantitative estimate of drug-likeness (QED) is 0.514. The molecule has 1 saturated heterocycles. The fourth-order valence-electron chi connectivity index (χ4n) is 4.27. The van der Waals surface area contributed by atoms with Crippen molar-refractivity contribution in [1.29, 1.82) is 0 Å². The van der Waals surface area contributed by atoms with Gasteiger partial charge in [-0.25, -0.2) is 28.1 Å². The number of hydrogen-bond donors (Lipinski definition) is 2. The van der Waals surface area contributed by atoms with Crippen molar-refractivity contribution in [2.24, 2.45) is 5.92 Å². The van der Waals surface area contributed by atoms with Gasteiger partial charge in [-0.2, -0.15) is 0 Å². The van der Waals surface area contributed by atoms with E-state index >= 15 is 0 Å². The monoisotopic (exact) mass is 509 g/mol. The summed E-state index contributed by atoms with van der Waals surface area (Å²) in [5, 5.41) is 0. The molecule has 3 aromatic rings. The fourth-order valence-corrected chi connectivity index (χ4v) is 5.32. The third kappa shape index (κ3) is 4.70. The molecule has 0 aliphatic carbocycles. The maximum absolute atomic E-state index is 13.3. The van der Waals surface area contributed by atoms with Gasteiger partial charge in [0, 0.05) is 44.1 Å². The first kappa shape index (κ1) is 25.4. The Morgan fingerprint density at radius 1 is 1.17 bits per heavy atom. The van der Waals surface area contributed by atoms with Crippen molar-refractivity contribution in [1.82, 2.24) is 19.7 Å². The lowest BCUT2D eigenvalue weighted by Gasteiger charge is -2.36. The van der Waals surface area contributed by atoms with Gasteiger partial charge in [-0.1, -0.05) is 6.92 Å². The summed E-state index contributed by atoms with van der Waals surface area (Å²) in [5.74, 6) is 0.604. The number of amides is 1. The molecule has 1 aliphatic rings. The largest absolute Gasteiger partial charge is 0.383 e. The third-order valence-electron chi connectivity index (χ3n) is 6.88. The smallest absolute Gasteiger partial charge is 0.268 e. The number of carbonyl (C=O) groups excluding carboxylic acids is 1. The first-order valence-electron chi connectivity index (χ1n) is 11.6. The summed E-state index contributed by atoms with van der Waals surface area (Å²) >= 11 is 0. The average Bonchev–Trinajstić information content (AvgIpc) is 3.10. The zero-order valence-electron chi connectivity index (χ0n) is 21.1. The Labute approximate surface area is 211 Å². The first-order chi connectivity index (χ1) is 16.9. The number of nitrogens with one attached hydrogen (secondary N) is 1. The van der Waals surface area contributed by atoms with E-state index in [1.165, 1.54) is 18.3 Å². The Kier molecular flexibility index (Phi) is 6.61. The predicted molar refractivity (Wildman–Crippen MR) is 140 cm³/mol. The van der Waals surface area contributed by atoms with Gasteiger partial charge in [0.05, 0.1) is 11.3 Å². The minimum absolute atomic E-state index is 0.157. The number of hydrogen-bond acceptors (Lipinski definition) is 9. The van der Waals surface area contributed by atoms with E-state index in [2.05, 4.69) is 40.4 Å². The Hall–Kier alpha value is -3.73. The van der Waals surface area contributed by atoms with Gasteiger partial charge in [-0.05, 0) is 62.6 Å². The fraction of sp³-hybridized carbons (Fsp3) is 0.360. The van der Waals surface area contributed by atoms with E-state index in [4.69, 9.17) is 10.7 Å². The zero-order chi connectivity index (χ0) is 26.3. The normalized spacial score (nSPS) is 17.1. The molecule has 0 aromatic carbocycles. The number of nitrogen functional groups attached to an aromatic ring is 1. The number of sulfonamides is 1. The highest BCUT2D eigenvalue weighted by atomic mass is 32.2. The topological polar surface area (TPSA) is 134 Å². The molecule has 3 aromatic heterocycles. The highest BCUT2D eigenvalue weighted by Crippen LogP contribution is 2.39. The van der Waals surface area contributed by atoms with Crippen LogP contribution in [-0.2, 0) is 10.0 Å². The second-order valence-electron chi connectivity index (χ2n) is 9.68. The summed E-state index contributed by atoms with van der Waals surface area (Å²) in [7, 11) is -0.417. The van der Waals surface area contributed by atoms with Crippen molar-refractivity contribution >= 4 is 33.4 Å². The van der Waals surface area contributed by atoms with Crippen LogP contribution in [0.3, 0.4) is 0 Å². The zero-order valence-corrected chi connectivity index (χ0v) is 21.9. The number of rotatable bonds is 6.